The maximum Gasteiger partial charge on any atom is 0.150 e. The van der Waals surface area contributed by atoms with Crippen LogP contribution >= 0.6 is 0 Å². The quantitative estimate of drug-likeness (QED) is 0.846. The van der Waals surface area contributed by atoms with Crippen LogP contribution in [0.25, 0.3) is 0 Å². The van der Waals surface area contributed by atoms with E-state index in [1.807, 2.05) is 12.4 Å². The molecule has 0 unspecified atom stereocenters. The molecule has 0 radical (unpaired) electrons. The van der Waals surface area contributed by atoms with E-state index >= 15 is 0 Å². The molecule has 1 aliphatic heterocycles. The molecule has 2 heterocycles. The molecular formula is C18H23FN4. The summed E-state index contributed by atoms with van der Waals surface area (Å²) >= 11 is 0. The number of aromatic nitrogens is 3. The van der Waals surface area contributed by atoms with E-state index in [1.165, 1.54) is 31.7 Å². The van der Waals surface area contributed by atoms with Gasteiger partial charge >= 0.3 is 0 Å². The summed E-state index contributed by atoms with van der Waals surface area (Å²) in [5.74, 6) is 1.74. The summed E-state index contributed by atoms with van der Waals surface area (Å²) in [5, 5.41) is 8.59. The minimum Gasteiger partial charge on any atom is -0.316 e. The average molecular weight is 314 g/mol. The van der Waals surface area contributed by atoms with E-state index in [0.717, 1.165) is 43.4 Å². The predicted octanol–water partition coefficient (Wildman–Crippen LogP) is 3.55. The fourth-order valence-electron chi connectivity index (χ4n) is 3.58. The molecule has 2 aliphatic rings. The van der Waals surface area contributed by atoms with Gasteiger partial charge in [-0.2, -0.15) is 0 Å². The first-order chi connectivity index (χ1) is 11.3. The van der Waals surface area contributed by atoms with Crippen molar-refractivity contribution in [2.75, 3.05) is 6.54 Å². The zero-order valence-electron chi connectivity index (χ0n) is 13.4. The third-order valence-electron chi connectivity index (χ3n) is 4.98. The van der Waals surface area contributed by atoms with Crippen molar-refractivity contribution in [3.63, 3.8) is 0 Å². The van der Waals surface area contributed by atoms with Crippen LogP contribution in [0, 0.1) is 11.7 Å². The zero-order chi connectivity index (χ0) is 15.6. The topological polar surface area (TPSA) is 34.0 Å². The number of halogens is 1. The van der Waals surface area contributed by atoms with Gasteiger partial charge in [-0.1, -0.05) is 18.6 Å². The lowest BCUT2D eigenvalue weighted by atomic mass is 10.00. The Kier molecular flexibility index (Phi) is 4.12. The normalized spacial score (nSPS) is 22.4. The van der Waals surface area contributed by atoms with Crippen molar-refractivity contribution < 1.29 is 4.39 Å². The van der Waals surface area contributed by atoms with Crippen LogP contribution in [-0.2, 0) is 13.1 Å². The first kappa shape index (κ1) is 14.8. The Morgan fingerprint density at radius 1 is 1.17 bits per heavy atom. The molecule has 2 aromatic rings. The minimum absolute atomic E-state index is 0.159. The number of piperidine rings is 1. The molecule has 4 rings (SSSR count). The van der Waals surface area contributed by atoms with Gasteiger partial charge in [0.2, 0.25) is 0 Å². The van der Waals surface area contributed by atoms with Crippen molar-refractivity contribution >= 4 is 0 Å². The highest BCUT2D eigenvalue weighted by Crippen LogP contribution is 2.34. The summed E-state index contributed by atoms with van der Waals surface area (Å²) in [6.45, 7) is 2.86. The van der Waals surface area contributed by atoms with Gasteiger partial charge in [0.15, 0.2) is 0 Å². The highest BCUT2D eigenvalue weighted by atomic mass is 19.1. The van der Waals surface area contributed by atoms with Gasteiger partial charge in [-0.3, -0.25) is 4.90 Å². The highest BCUT2D eigenvalue weighted by molar-refractivity contribution is 5.16. The fourth-order valence-corrected chi connectivity index (χ4v) is 3.58. The van der Waals surface area contributed by atoms with Crippen molar-refractivity contribution in [2.45, 2.75) is 51.2 Å². The van der Waals surface area contributed by atoms with Gasteiger partial charge in [-0.15, -0.1) is 10.2 Å². The van der Waals surface area contributed by atoms with Crippen LogP contribution in [0.5, 0.6) is 0 Å². The smallest absolute Gasteiger partial charge is 0.150 e. The van der Waals surface area contributed by atoms with Gasteiger partial charge in [-0.05, 0) is 55.8 Å². The van der Waals surface area contributed by atoms with Crippen molar-refractivity contribution in [3.05, 3.63) is 47.8 Å². The van der Waals surface area contributed by atoms with Gasteiger partial charge in [0, 0.05) is 13.1 Å². The zero-order valence-corrected chi connectivity index (χ0v) is 13.4. The molecule has 1 aromatic carbocycles. The monoisotopic (exact) mass is 314 g/mol. The van der Waals surface area contributed by atoms with Crippen LogP contribution in [0.1, 0.15) is 49.5 Å². The molecule has 0 spiro atoms. The van der Waals surface area contributed by atoms with Crippen LogP contribution in [0.2, 0.25) is 0 Å². The number of benzene rings is 1. The number of nitrogens with zero attached hydrogens (tertiary/aromatic N) is 4. The molecule has 4 nitrogen and oxygen atoms in total. The summed E-state index contributed by atoms with van der Waals surface area (Å²) in [6, 6.07) is 7.24. The Morgan fingerprint density at radius 3 is 2.91 bits per heavy atom. The Bertz CT molecular complexity index is 665. The van der Waals surface area contributed by atoms with Gasteiger partial charge in [0.1, 0.15) is 18.0 Å². The molecule has 5 heteroatoms. The number of hydrogen-bond acceptors (Lipinski definition) is 3. The molecule has 2 fully saturated rings. The van der Waals surface area contributed by atoms with Crippen molar-refractivity contribution in [1.29, 1.82) is 0 Å². The van der Waals surface area contributed by atoms with Crippen LogP contribution in [0.3, 0.4) is 0 Å². The maximum atomic E-state index is 13.5. The first-order valence-electron chi connectivity index (χ1n) is 8.66. The molecule has 0 bridgehead atoms. The molecule has 0 amide bonds. The molecule has 1 atom stereocenters. The summed E-state index contributed by atoms with van der Waals surface area (Å²) in [4.78, 5) is 2.44. The van der Waals surface area contributed by atoms with Gasteiger partial charge in [0.05, 0.1) is 6.04 Å². The summed E-state index contributed by atoms with van der Waals surface area (Å²) in [7, 11) is 0. The Labute approximate surface area is 136 Å². The number of rotatable bonds is 5. The van der Waals surface area contributed by atoms with Gasteiger partial charge in [-0.25, -0.2) is 4.39 Å². The molecular weight excluding hydrogens is 291 g/mol. The average Bonchev–Trinajstić information content (AvgIpc) is 3.24. The molecule has 23 heavy (non-hydrogen) atoms. The first-order valence-corrected chi connectivity index (χ1v) is 8.66. The summed E-state index contributed by atoms with van der Waals surface area (Å²) in [6.07, 6.45) is 8.06. The summed E-state index contributed by atoms with van der Waals surface area (Å²) < 4.78 is 15.7. The molecule has 1 aromatic heterocycles. The number of hydrogen-bond donors (Lipinski definition) is 0. The molecule has 1 saturated carbocycles. The summed E-state index contributed by atoms with van der Waals surface area (Å²) in [5.41, 5.74) is 1.03. The second-order valence-corrected chi connectivity index (χ2v) is 6.90. The van der Waals surface area contributed by atoms with E-state index in [1.54, 1.807) is 12.1 Å². The van der Waals surface area contributed by atoms with Crippen LogP contribution in [0.4, 0.5) is 4.39 Å². The van der Waals surface area contributed by atoms with E-state index in [4.69, 9.17) is 0 Å². The van der Waals surface area contributed by atoms with E-state index in [9.17, 15) is 4.39 Å². The third-order valence-corrected chi connectivity index (χ3v) is 4.98. The second-order valence-electron chi connectivity index (χ2n) is 6.90. The van der Waals surface area contributed by atoms with E-state index in [2.05, 4.69) is 19.7 Å². The van der Waals surface area contributed by atoms with Crippen LogP contribution in [-0.4, -0.2) is 26.2 Å². The van der Waals surface area contributed by atoms with Gasteiger partial charge < -0.3 is 4.57 Å². The maximum absolute atomic E-state index is 13.5. The second kappa shape index (κ2) is 6.40. The molecule has 0 N–H and O–H groups in total. The predicted molar refractivity (Wildman–Crippen MR) is 86.1 cm³/mol. The Morgan fingerprint density at radius 2 is 2.09 bits per heavy atom. The lowest BCUT2D eigenvalue weighted by Crippen LogP contribution is -2.34. The van der Waals surface area contributed by atoms with Crippen LogP contribution < -0.4 is 0 Å². The lowest BCUT2D eigenvalue weighted by Gasteiger charge is -2.35. The minimum atomic E-state index is -0.159. The Hall–Kier alpha value is -1.75. The third kappa shape index (κ3) is 3.44. The van der Waals surface area contributed by atoms with Gasteiger partial charge in [0.25, 0.3) is 0 Å². The largest absolute Gasteiger partial charge is 0.316 e. The molecule has 122 valence electrons. The van der Waals surface area contributed by atoms with E-state index < -0.39 is 0 Å². The molecule has 1 aliphatic carbocycles. The van der Waals surface area contributed by atoms with Crippen LogP contribution in [0.15, 0.2) is 30.6 Å². The highest BCUT2D eigenvalue weighted by Gasteiger charge is 2.30. The van der Waals surface area contributed by atoms with Crippen molar-refractivity contribution in [2.24, 2.45) is 5.92 Å². The van der Waals surface area contributed by atoms with E-state index in [0.29, 0.717) is 6.04 Å². The fraction of sp³-hybridized carbons (Fsp3) is 0.556. The van der Waals surface area contributed by atoms with E-state index in [-0.39, 0.29) is 5.82 Å². The lowest BCUT2D eigenvalue weighted by molar-refractivity contribution is 0.130. The Balaban J connectivity index is 1.54. The standard InChI is InChI=1S/C18H23FN4/c19-16-5-3-4-15(10-16)12-22-9-2-1-6-17(22)18-21-20-13-23(18)11-14-7-8-14/h3-5,10,13-14,17H,1-2,6-9,11-12H2/t17-/m1/s1. The number of likely N-dealkylation sites (tertiary alicyclic amines) is 1. The molecule has 1 saturated heterocycles. The SMILES string of the molecule is Fc1cccc(CN2CCCC[C@@H]2c2nncn2CC2CC2)c1. The van der Waals surface area contributed by atoms with Crippen molar-refractivity contribution in [3.8, 4) is 0 Å². The van der Waals surface area contributed by atoms with Crippen molar-refractivity contribution in [1.82, 2.24) is 19.7 Å².